The summed E-state index contributed by atoms with van der Waals surface area (Å²) in [5, 5.41) is 22.9. The number of hydrogen-bond donors (Lipinski definition) is 1. The minimum Gasteiger partial charge on any atom is -0.507 e. The van der Waals surface area contributed by atoms with Crippen LogP contribution in [0.15, 0.2) is 48.5 Å². The molecular weight excluding hydrogens is 749 g/mol. The van der Waals surface area contributed by atoms with E-state index in [1.54, 1.807) is 12.1 Å². The van der Waals surface area contributed by atoms with Crippen molar-refractivity contribution in [2.24, 2.45) is 14.1 Å². The summed E-state index contributed by atoms with van der Waals surface area (Å²) in [5.74, 6) is -0.606. The van der Waals surface area contributed by atoms with E-state index in [2.05, 4.69) is 39.0 Å². The van der Waals surface area contributed by atoms with Crippen molar-refractivity contribution >= 4 is 47.6 Å². The molecule has 1 N–H and O–H groups in total. The van der Waals surface area contributed by atoms with Crippen LogP contribution >= 0.6 is 11.6 Å². The Hall–Kier alpha value is -4.49. The van der Waals surface area contributed by atoms with Crippen LogP contribution in [0.2, 0.25) is 23.2 Å². The number of aromatic hydroxyl groups is 1. The smallest absolute Gasteiger partial charge is 0.354 e. The first-order valence-electron chi connectivity index (χ1n) is 19.0. The van der Waals surface area contributed by atoms with Crippen molar-refractivity contribution < 1.29 is 28.2 Å². The number of phenols is 1. The fraction of sp³-hybridized carbons (Fsp3) is 0.419. The van der Waals surface area contributed by atoms with Gasteiger partial charge >= 0.3 is 5.97 Å². The second-order valence-corrected chi connectivity index (χ2v) is 21.4. The number of nitrogens with zero attached hydrogens (tertiary/aromatic N) is 5. The number of fused-ring (bicyclic) bond motifs is 2. The van der Waals surface area contributed by atoms with Crippen LogP contribution in [-0.4, -0.2) is 57.2 Å². The maximum Gasteiger partial charge on any atom is 0.354 e. The molecule has 13 heteroatoms. The van der Waals surface area contributed by atoms with Crippen molar-refractivity contribution in [2.75, 3.05) is 13.7 Å². The molecule has 10 nitrogen and oxygen atoms in total. The highest BCUT2D eigenvalue weighted by Gasteiger charge is 2.37. The normalized spacial score (nSPS) is 12.4. The van der Waals surface area contributed by atoms with E-state index in [1.165, 1.54) is 19.2 Å². The van der Waals surface area contributed by atoms with Gasteiger partial charge < -0.3 is 23.6 Å². The summed E-state index contributed by atoms with van der Waals surface area (Å²) in [5.41, 5.74) is 8.15. The Morgan fingerprint density at radius 1 is 0.964 bits per heavy atom. The Morgan fingerprint density at radius 2 is 1.71 bits per heavy atom. The summed E-state index contributed by atoms with van der Waals surface area (Å²) in [6.45, 7) is 16.8. The highest BCUT2D eigenvalue weighted by molar-refractivity contribution is 6.74. The minimum atomic E-state index is -1.93. The van der Waals surface area contributed by atoms with Gasteiger partial charge in [-0.15, -0.1) is 0 Å². The average molecular weight is 802 g/mol. The van der Waals surface area contributed by atoms with Gasteiger partial charge in [0.25, 0.3) is 0 Å². The number of halogens is 2. The van der Waals surface area contributed by atoms with Crippen LogP contribution in [0.25, 0.3) is 32.8 Å². The third kappa shape index (κ3) is 8.16. The van der Waals surface area contributed by atoms with Crippen molar-refractivity contribution in [2.45, 2.75) is 91.8 Å². The first-order valence-corrected chi connectivity index (χ1v) is 22.3. The van der Waals surface area contributed by atoms with Crippen molar-refractivity contribution in [3.8, 4) is 16.9 Å². The van der Waals surface area contributed by atoms with E-state index >= 15 is 0 Å². The zero-order valence-electron chi connectivity index (χ0n) is 34.1. The van der Waals surface area contributed by atoms with Crippen molar-refractivity contribution in [1.29, 1.82) is 0 Å². The lowest BCUT2D eigenvalue weighted by molar-refractivity contribution is 0.0587. The molecule has 0 amide bonds. The molecule has 0 saturated heterocycles. The molecular formula is C43H53ClFN5O5Si. The van der Waals surface area contributed by atoms with E-state index in [1.807, 2.05) is 66.1 Å². The van der Waals surface area contributed by atoms with Crippen LogP contribution in [0.1, 0.15) is 71.6 Å². The molecule has 0 fully saturated rings. The number of phenolic OH excluding ortho intramolecular Hbond substituents is 1. The number of esters is 1. The van der Waals surface area contributed by atoms with E-state index in [4.69, 9.17) is 30.6 Å². The lowest BCUT2D eigenvalue weighted by atomic mass is 9.97. The van der Waals surface area contributed by atoms with E-state index in [-0.39, 0.29) is 29.8 Å². The van der Waals surface area contributed by atoms with Gasteiger partial charge in [-0.25, -0.2) is 9.18 Å². The van der Waals surface area contributed by atoms with Gasteiger partial charge in [-0.3, -0.25) is 9.36 Å². The summed E-state index contributed by atoms with van der Waals surface area (Å²) >= 11 is 7.06. The van der Waals surface area contributed by atoms with Crippen LogP contribution in [0.3, 0.4) is 0 Å². The predicted octanol–water partition coefficient (Wildman–Crippen LogP) is 9.74. The summed E-state index contributed by atoms with van der Waals surface area (Å²) in [6, 6.07) is 13.9. The molecule has 0 aliphatic heterocycles. The number of carbonyl (C=O) groups is 1. The third-order valence-corrected chi connectivity index (χ3v) is 16.2. The molecule has 0 aliphatic carbocycles. The Labute approximate surface area is 334 Å². The van der Waals surface area contributed by atoms with Crippen LogP contribution in [0.5, 0.6) is 5.75 Å². The molecule has 6 aromatic rings. The average Bonchev–Trinajstić information content (AvgIpc) is 3.73. The molecule has 0 radical (unpaired) electrons. The van der Waals surface area contributed by atoms with Gasteiger partial charge in [-0.1, -0.05) is 38.4 Å². The molecule has 3 heterocycles. The molecule has 0 spiro atoms. The van der Waals surface area contributed by atoms with Gasteiger partial charge in [-0.2, -0.15) is 10.2 Å². The molecule has 0 unspecified atom stereocenters. The van der Waals surface area contributed by atoms with Crippen LogP contribution in [-0.2, 0) is 60.6 Å². The van der Waals surface area contributed by atoms with Gasteiger partial charge in [0.05, 0.1) is 31.7 Å². The van der Waals surface area contributed by atoms with E-state index in [9.17, 15) is 14.3 Å². The number of hydrogen-bond acceptors (Lipinski definition) is 7. The number of rotatable bonds is 14. The summed E-state index contributed by atoms with van der Waals surface area (Å²) in [6.07, 6.45) is 2.05. The first-order chi connectivity index (χ1) is 26.4. The molecule has 3 aromatic heterocycles. The predicted molar refractivity (Wildman–Crippen MR) is 222 cm³/mol. The Morgan fingerprint density at radius 3 is 2.43 bits per heavy atom. The number of methoxy groups -OCH3 is 1. The van der Waals surface area contributed by atoms with Crippen LogP contribution < -0.4 is 0 Å². The standard InChI is InChI=1S/C43H53ClFN5O5Si/c1-26-38-36(50(41(26)42(52)53-8)18-11-19-55-56(9,10)43(3,4)5)17-16-34(44)40(38)39-27(2)48(6)47-35(39)25-54-24-31-23-32(49(7)46-31)14-12-28-20-29-22-30(45)13-15-33(29)37(51)21-28/h13,15-17,20-23,51H,11-12,14,18-19,24-25H2,1-10H3. The maximum atomic E-state index is 13.9. The van der Waals surface area contributed by atoms with Gasteiger partial charge in [0.2, 0.25) is 0 Å². The molecule has 56 heavy (non-hydrogen) atoms. The van der Waals surface area contributed by atoms with Crippen LogP contribution in [0, 0.1) is 19.7 Å². The zero-order valence-corrected chi connectivity index (χ0v) is 35.9. The lowest BCUT2D eigenvalue weighted by Gasteiger charge is -2.36. The fourth-order valence-corrected chi connectivity index (χ4v) is 8.58. The van der Waals surface area contributed by atoms with E-state index < -0.39 is 14.3 Å². The highest BCUT2D eigenvalue weighted by Crippen LogP contribution is 2.43. The Balaban J connectivity index is 1.22. The number of carbonyl (C=O) groups excluding carboxylic acids is 1. The quantitative estimate of drug-likeness (QED) is 0.0665. The van der Waals surface area contributed by atoms with Crippen molar-refractivity contribution in [3.63, 3.8) is 0 Å². The van der Waals surface area contributed by atoms with Gasteiger partial charge in [-0.05, 0) is 110 Å². The van der Waals surface area contributed by atoms with Crippen LogP contribution in [0.4, 0.5) is 4.39 Å². The second-order valence-electron chi connectivity index (χ2n) is 16.2. The summed E-state index contributed by atoms with van der Waals surface area (Å²) < 4.78 is 37.6. The highest BCUT2D eigenvalue weighted by atomic mass is 35.5. The van der Waals surface area contributed by atoms with Crippen molar-refractivity contribution in [1.82, 2.24) is 24.1 Å². The van der Waals surface area contributed by atoms with Gasteiger partial charge in [0.15, 0.2) is 8.32 Å². The van der Waals surface area contributed by atoms with E-state index in [0.29, 0.717) is 47.5 Å². The zero-order chi connectivity index (χ0) is 40.7. The molecule has 6 rings (SSSR count). The minimum absolute atomic E-state index is 0.103. The molecule has 0 atom stereocenters. The number of ether oxygens (including phenoxy) is 2. The lowest BCUT2D eigenvalue weighted by Crippen LogP contribution is -2.41. The third-order valence-electron chi connectivity index (χ3n) is 11.4. The second kappa shape index (κ2) is 16.2. The maximum absolute atomic E-state index is 13.9. The summed E-state index contributed by atoms with van der Waals surface area (Å²) in [7, 11) is 3.27. The number of aromatic nitrogens is 5. The molecule has 0 bridgehead atoms. The SMILES string of the molecule is COC(=O)c1c(C)c2c(-c3c(COCc4cc(CCc5cc(O)c6ccc(F)cc6c5)n(C)n4)nn(C)c3C)c(Cl)ccc2n1CCCO[Si](C)(C)C(C)(C)C. The summed E-state index contributed by atoms with van der Waals surface area (Å²) in [4.78, 5) is 13.3. The monoisotopic (exact) mass is 801 g/mol. The van der Waals surface area contributed by atoms with Gasteiger partial charge in [0.1, 0.15) is 17.3 Å². The molecule has 298 valence electrons. The Bertz CT molecular complexity index is 2430. The Kier molecular flexibility index (Phi) is 11.9. The first kappa shape index (κ1) is 41.1. The van der Waals surface area contributed by atoms with Gasteiger partial charge in [0, 0.05) is 71.1 Å². The molecule has 0 aliphatic rings. The molecule has 0 saturated carbocycles. The largest absolute Gasteiger partial charge is 0.507 e. The number of aryl methyl sites for hydroxylation is 6. The van der Waals surface area contributed by atoms with E-state index in [0.717, 1.165) is 62.4 Å². The topological polar surface area (TPSA) is 106 Å². The fourth-order valence-electron chi connectivity index (χ4n) is 7.24. The number of benzene rings is 3. The van der Waals surface area contributed by atoms with Crippen molar-refractivity contribution in [3.05, 3.63) is 99.0 Å². The molecule has 3 aromatic carbocycles.